The number of nitrogens with two attached hydrogens (primary N) is 1. The van der Waals surface area contributed by atoms with Crippen molar-refractivity contribution in [2.45, 2.75) is 44.4 Å². The molecule has 0 radical (unpaired) electrons. The van der Waals surface area contributed by atoms with E-state index in [9.17, 15) is 16.8 Å². The molecule has 0 heterocycles. The maximum absolute atomic E-state index is 12.2. The Balaban J connectivity index is 2.83. The van der Waals surface area contributed by atoms with E-state index in [-0.39, 0.29) is 23.0 Å². The van der Waals surface area contributed by atoms with Gasteiger partial charge in [0.25, 0.3) is 0 Å². The van der Waals surface area contributed by atoms with Gasteiger partial charge in [0.15, 0.2) is 9.84 Å². The minimum absolute atomic E-state index is 0.0430. The summed E-state index contributed by atoms with van der Waals surface area (Å²) in [6.07, 6.45) is 3.15. The first-order valence-corrected chi connectivity index (χ1v) is 9.85. The number of hydrogen-bond donors (Lipinski definition) is 1. The minimum Gasteiger partial charge on any atom is -0.327 e. The van der Waals surface area contributed by atoms with E-state index in [2.05, 4.69) is 0 Å². The fourth-order valence-corrected chi connectivity index (χ4v) is 6.17. The van der Waals surface area contributed by atoms with Crippen molar-refractivity contribution in [1.29, 1.82) is 0 Å². The molecule has 0 aromatic heterocycles. The molecule has 0 spiro atoms. The zero-order valence-electron chi connectivity index (χ0n) is 11.2. The van der Waals surface area contributed by atoms with E-state index >= 15 is 0 Å². The quantitative estimate of drug-likeness (QED) is 0.808. The summed E-state index contributed by atoms with van der Waals surface area (Å²) < 4.78 is 46.5. The van der Waals surface area contributed by atoms with Crippen molar-refractivity contribution in [3.8, 4) is 0 Å². The van der Waals surface area contributed by atoms with Gasteiger partial charge in [-0.2, -0.15) is 0 Å². The Labute approximate surface area is 110 Å². The van der Waals surface area contributed by atoms with Crippen LogP contribution in [0.15, 0.2) is 0 Å². The van der Waals surface area contributed by atoms with Gasteiger partial charge >= 0.3 is 0 Å². The van der Waals surface area contributed by atoms with Crippen LogP contribution in [-0.4, -0.2) is 45.9 Å². The van der Waals surface area contributed by atoms with Crippen molar-refractivity contribution < 1.29 is 16.8 Å². The Morgan fingerprint density at radius 3 is 2.22 bits per heavy atom. The van der Waals surface area contributed by atoms with Crippen LogP contribution in [0.25, 0.3) is 0 Å². The minimum atomic E-state index is -3.44. The normalized spacial score (nSPS) is 29.1. The first-order valence-electron chi connectivity index (χ1n) is 6.08. The third-order valence-electron chi connectivity index (χ3n) is 3.59. The van der Waals surface area contributed by atoms with E-state index in [1.54, 1.807) is 0 Å². The molecule has 2 atom stereocenters. The van der Waals surface area contributed by atoms with E-state index in [4.69, 9.17) is 5.73 Å². The van der Waals surface area contributed by atoms with E-state index in [1.807, 2.05) is 13.8 Å². The van der Waals surface area contributed by atoms with Crippen LogP contribution in [0.3, 0.4) is 0 Å². The lowest BCUT2D eigenvalue weighted by molar-refractivity contribution is 0.227. The number of sulfone groups is 2. The first kappa shape index (κ1) is 15.9. The molecule has 1 saturated carbocycles. The molecule has 0 aromatic carbocycles. The predicted octanol–water partition coefficient (Wildman–Crippen LogP) is 0.352. The van der Waals surface area contributed by atoms with Crippen LogP contribution in [0, 0.1) is 5.41 Å². The van der Waals surface area contributed by atoms with Gasteiger partial charge in [0.05, 0.1) is 16.8 Å². The number of hydrogen-bond acceptors (Lipinski definition) is 5. The molecule has 0 amide bonds. The molecule has 1 fully saturated rings. The zero-order chi connectivity index (χ0) is 14.2. The van der Waals surface area contributed by atoms with Crippen molar-refractivity contribution in [3.05, 3.63) is 0 Å². The maximum atomic E-state index is 12.2. The monoisotopic (exact) mass is 297 g/mol. The summed E-state index contributed by atoms with van der Waals surface area (Å²) in [5.41, 5.74) is 5.85. The van der Waals surface area contributed by atoms with Gasteiger partial charge in [-0.05, 0) is 24.7 Å². The Hall–Kier alpha value is -0.140. The fraction of sp³-hybridized carbons (Fsp3) is 1.00. The summed E-state index contributed by atoms with van der Waals surface area (Å²) in [5, 5.41) is -0.608. The molecule has 1 aliphatic rings. The van der Waals surface area contributed by atoms with Crippen molar-refractivity contribution >= 4 is 19.7 Å². The smallest absolute Gasteiger partial charge is 0.155 e. The van der Waals surface area contributed by atoms with Crippen molar-refractivity contribution in [2.24, 2.45) is 11.1 Å². The van der Waals surface area contributed by atoms with E-state index in [1.165, 1.54) is 0 Å². The second-order valence-electron chi connectivity index (χ2n) is 6.11. The van der Waals surface area contributed by atoms with Gasteiger partial charge in [0, 0.05) is 12.3 Å². The maximum Gasteiger partial charge on any atom is 0.155 e. The standard InChI is InChI=1S/C11H23NO4S2/c1-11(2)5-4-9(12)10(8-11)18(15,16)7-6-17(3,13)14/h9-10H,4-8,12H2,1-3H3. The predicted molar refractivity (Wildman–Crippen MR) is 72.9 cm³/mol. The van der Waals surface area contributed by atoms with Crippen LogP contribution in [0.5, 0.6) is 0 Å². The molecule has 18 heavy (non-hydrogen) atoms. The first-order chi connectivity index (χ1) is 7.93. The van der Waals surface area contributed by atoms with Gasteiger partial charge in [-0.25, -0.2) is 16.8 Å². The van der Waals surface area contributed by atoms with E-state index in [0.717, 1.165) is 12.7 Å². The highest BCUT2D eigenvalue weighted by Gasteiger charge is 2.40. The van der Waals surface area contributed by atoms with Gasteiger partial charge in [-0.3, -0.25) is 0 Å². The molecule has 108 valence electrons. The lowest BCUT2D eigenvalue weighted by Gasteiger charge is -2.38. The Kier molecular flexibility index (Phi) is 4.50. The van der Waals surface area contributed by atoms with Crippen LogP contribution in [0.4, 0.5) is 0 Å². The van der Waals surface area contributed by atoms with Crippen LogP contribution in [0.1, 0.15) is 33.1 Å². The van der Waals surface area contributed by atoms with Crippen LogP contribution in [-0.2, 0) is 19.7 Å². The molecular weight excluding hydrogens is 274 g/mol. The molecule has 1 aliphatic carbocycles. The Morgan fingerprint density at radius 2 is 1.72 bits per heavy atom. The molecule has 2 N–H and O–H groups in total. The van der Waals surface area contributed by atoms with Crippen LogP contribution >= 0.6 is 0 Å². The summed E-state index contributed by atoms with van der Waals surface area (Å²) in [4.78, 5) is 0. The second-order valence-corrected chi connectivity index (χ2v) is 10.7. The van der Waals surface area contributed by atoms with Crippen molar-refractivity contribution in [2.75, 3.05) is 17.8 Å². The average molecular weight is 297 g/mol. The van der Waals surface area contributed by atoms with Crippen LogP contribution < -0.4 is 5.73 Å². The zero-order valence-corrected chi connectivity index (χ0v) is 12.9. The highest BCUT2D eigenvalue weighted by Crippen LogP contribution is 2.37. The van der Waals surface area contributed by atoms with E-state index < -0.39 is 24.9 Å². The second kappa shape index (κ2) is 5.09. The van der Waals surface area contributed by atoms with Gasteiger partial charge in [-0.1, -0.05) is 13.8 Å². The summed E-state index contributed by atoms with van der Waals surface area (Å²) in [6, 6.07) is -0.373. The molecule has 1 rings (SSSR count). The Morgan fingerprint density at radius 1 is 1.17 bits per heavy atom. The SMILES string of the molecule is CC1(C)CCC(N)C(S(=O)(=O)CCS(C)(=O)=O)C1. The Bertz CT molecular complexity index is 493. The molecule has 0 aliphatic heterocycles. The molecule has 0 saturated heterocycles. The summed E-state index contributed by atoms with van der Waals surface area (Å²) in [6.45, 7) is 4.05. The number of rotatable bonds is 4. The molecule has 7 heteroatoms. The molecule has 0 aromatic rings. The van der Waals surface area contributed by atoms with Gasteiger partial charge in [-0.15, -0.1) is 0 Å². The van der Waals surface area contributed by atoms with Crippen molar-refractivity contribution in [1.82, 2.24) is 0 Å². The van der Waals surface area contributed by atoms with Crippen LogP contribution in [0.2, 0.25) is 0 Å². The summed E-state index contributed by atoms with van der Waals surface area (Å²) in [5.74, 6) is -0.640. The average Bonchev–Trinajstić information content (AvgIpc) is 2.18. The van der Waals surface area contributed by atoms with Gasteiger partial charge in [0.1, 0.15) is 9.84 Å². The third-order valence-corrected chi connectivity index (χ3v) is 7.00. The molecule has 0 bridgehead atoms. The lowest BCUT2D eigenvalue weighted by atomic mass is 9.75. The van der Waals surface area contributed by atoms with Gasteiger partial charge in [0.2, 0.25) is 0 Å². The fourth-order valence-electron chi connectivity index (χ4n) is 2.35. The summed E-state index contributed by atoms with van der Waals surface area (Å²) >= 11 is 0. The van der Waals surface area contributed by atoms with E-state index in [0.29, 0.717) is 12.8 Å². The molecule has 2 unspecified atom stereocenters. The lowest BCUT2D eigenvalue weighted by Crippen LogP contribution is -2.48. The highest BCUT2D eigenvalue weighted by molar-refractivity contribution is 7.95. The summed E-state index contributed by atoms with van der Waals surface area (Å²) in [7, 11) is -6.70. The highest BCUT2D eigenvalue weighted by atomic mass is 32.2. The largest absolute Gasteiger partial charge is 0.327 e. The topological polar surface area (TPSA) is 94.3 Å². The third kappa shape index (κ3) is 4.51. The van der Waals surface area contributed by atoms with Gasteiger partial charge < -0.3 is 5.73 Å². The van der Waals surface area contributed by atoms with Crippen molar-refractivity contribution in [3.63, 3.8) is 0 Å². The molecule has 5 nitrogen and oxygen atoms in total. The molecular formula is C11H23NO4S2.